The van der Waals surface area contributed by atoms with Crippen molar-refractivity contribution in [1.82, 2.24) is 9.88 Å². The van der Waals surface area contributed by atoms with E-state index in [4.69, 9.17) is 4.74 Å². The fourth-order valence-corrected chi connectivity index (χ4v) is 2.71. The Morgan fingerprint density at radius 1 is 1.60 bits per heavy atom. The Balaban J connectivity index is 2.18. The number of aliphatic carboxylic acids is 1. The molecule has 3 unspecified atom stereocenters. The van der Waals surface area contributed by atoms with Gasteiger partial charge >= 0.3 is 5.97 Å². The fourth-order valence-electron chi connectivity index (χ4n) is 2.71. The van der Waals surface area contributed by atoms with E-state index in [1.165, 1.54) is 12.3 Å². The molecule has 1 aliphatic heterocycles. The zero-order valence-electron chi connectivity index (χ0n) is 11.6. The molecule has 110 valence electrons. The van der Waals surface area contributed by atoms with Gasteiger partial charge in [0.15, 0.2) is 0 Å². The number of likely N-dealkylation sites (N-methyl/N-ethyl adjacent to an activating group) is 1. The van der Waals surface area contributed by atoms with E-state index in [-0.39, 0.29) is 24.5 Å². The Morgan fingerprint density at radius 3 is 2.90 bits per heavy atom. The molecule has 1 saturated heterocycles. The van der Waals surface area contributed by atoms with Gasteiger partial charge in [-0.25, -0.2) is 4.39 Å². The number of aromatic nitrogens is 1. The van der Waals surface area contributed by atoms with Crippen LogP contribution in [0.3, 0.4) is 0 Å². The summed E-state index contributed by atoms with van der Waals surface area (Å²) in [5.41, 5.74) is 0.726. The first-order valence-corrected chi connectivity index (χ1v) is 6.72. The normalized spacial score (nSPS) is 24.0. The van der Waals surface area contributed by atoms with E-state index in [1.54, 1.807) is 6.07 Å². The lowest BCUT2D eigenvalue weighted by molar-refractivity contribution is -0.143. The first-order chi connectivity index (χ1) is 9.54. The van der Waals surface area contributed by atoms with Gasteiger partial charge in [-0.05, 0) is 25.6 Å². The molecular weight excluding hydrogens is 263 g/mol. The first-order valence-electron chi connectivity index (χ1n) is 6.72. The number of hydrogen-bond acceptors (Lipinski definition) is 4. The highest BCUT2D eigenvalue weighted by atomic mass is 19.1. The molecule has 0 spiro atoms. The van der Waals surface area contributed by atoms with Crippen LogP contribution in [0.15, 0.2) is 18.3 Å². The van der Waals surface area contributed by atoms with Gasteiger partial charge in [-0.1, -0.05) is 6.92 Å². The van der Waals surface area contributed by atoms with Crippen LogP contribution >= 0.6 is 0 Å². The number of hydrogen-bond donors (Lipinski definition) is 1. The lowest BCUT2D eigenvalue weighted by Crippen LogP contribution is -2.44. The molecule has 0 bridgehead atoms. The number of halogens is 1. The topological polar surface area (TPSA) is 62.7 Å². The molecule has 6 heteroatoms. The van der Waals surface area contributed by atoms with Gasteiger partial charge in [0.05, 0.1) is 31.0 Å². The van der Waals surface area contributed by atoms with Crippen molar-refractivity contribution >= 4 is 5.97 Å². The molecule has 0 radical (unpaired) electrons. The third-order valence-corrected chi connectivity index (χ3v) is 3.83. The molecule has 2 heterocycles. The van der Waals surface area contributed by atoms with E-state index < -0.39 is 11.9 Å². The van der Waals surface area contributed by atoms with Crippen molar-refractivity contribution < 1.29 is 19.0 Å². The van der Waals surface area contributed by atoms with Crippen molar-refractivity contribution in [3.8, 4) is 0 Å². The second-order valence-corrected chi connectivity index (χ2v) is 4.96. The summed E-state index contributed by atoms with van der Waals surface area (Å²) in [7, 11) is 0. The number of ether oxygens (including phenoxy) is 1. The van der Waals surface area contributed by atoms with Crippen LogP contribution in [0.5, 0.6) is 0 Å². The molecule has 20 heavy (non-hydrogen) atoms. The van der Waals surface area contributed by atoms with E-state index in [9.17, 15) is 14.3 Å². The molecular formula is C14H19FN2O3. The number of rotatable bonds is 5. The fraction of sp³-hybridized carbons (Fsp3) is 0.571. The summed E-state index contributed by atoms with van der Waals surface area (Å²) in [6.45, 7) is 5.23. The summed E-state index contributed by atoms with van der Waals surface area (Å²) in [6.07, 6.45) is 1.18. The lowest BCUT2D eigenvalue weighted by Gasteiger charge is -2.34. The van der Waals surface area contributed by atoms with Gasteiger partial charge in [-0.3, -0.25) is 14.7 Å². The molecule has 1 fully saturated rings. The van der Waals surface area contributed by atoms with Crippen molar-refractivity contribution in [2.75, 3.05) is 19.8 Å². The third-order valence-electron chi connectivity index (χ3n) is 3.83. The molecule has 5 nitrogen and oxygen atoms in total. The SMILES string of the molecule is CCN(C(C)c1ccc(F)cn1)C1COCC1C(=O)O. The van der Waals surface area contributed by atoms with Crippen LogP contribution in [-0.4, -0.2) is 46.8 Å². The quantitative estimate of drug-likeness (QED) is 0.890. The summed E-state index contributed by atoms with van der Waals surface area (Å²) in [4.78, 5) is 17.4. The van der Waals surface area contributed by atoms with Crippen molar-refractivity contribution in [2.45, 2.75) is 25.9 Å². The number of pyridine rings is 1. The van der Waals surface area contributed by atoms with Crippen molar-refractivity contribution in [3.05, 3.63) is 29.8 Å². The van der Waals surface area contributed by atoms with E-state index >= 15 is 0 Å². The van der Waals surface area contributed by atoms with Gasteiger partial charge in [0.25, 0.3) is 0 Å². The van der Waals surface area contributed by atoms with E-state index in [1.807, 2.05) is 18.7 Å². The number of carboxylic acid groups (broad SMARTS) is 1. The maximum Gasteiger partial charge on any atom is 0.310 e. The standard InChI is InChI=1S/C14H19FN2O3/c1-3-17(13-8-20-7-11(13)14(18)19)9(2)12-5-4-10(15)6-16-12/h4-6,9,11,13H,3,7-8H2,1-2H3,(H,18,19). The molecule has 1 N–H and O–H groups in total. The molecule has 1 aliphatic rings. The van der Waals surface area contributed by atoms with Crippen LogP contribution < -0.4 is 0 Å². The second-order valence-electron chi connectivity index (χ2n) is 4.96. The van der Waals surface area contributed by atoms with Gasteiger partial charge in [0, 0.05) is 12.1 Å². The van der Waals surface area contributed by atoms with Crippen molar-refractivity contribution in [2.24, 2.45) is 5.92 Å². The highest BCUT2D eigenvalue weighted by molar-refractivity contribution is 5.71. The number of carbonyl (C=O) groups is 1. The monoisotopic (exact) mass is 282 g/mol. The molecule has 0 amide bonds. The maximum absolute atomic E-state index is 12.9. The Hall–Kier alpha value is -1.53. The van der Waals surface area contributed by atoms with Gasteiger partial charge in [-0.2, -0.15) is 0 Å². The third kappa shape index (κ3) is 2.96. The predicted molar refractivity (Wildman–Crippen MR) is 70.7 cm³/mol. The Labute approximate surface area is 117 Å². The molecule has 0 saturated carbocycles. The maximum atomic E-state index is 12.9. The van der Waals surface area contributed by atoms with Crippen molar-refractivity contribution in [1.29, 1.82) is 0 Å². The minimum atomic E-state index is -0.842. The van der Waals surface area contributed by atoms with E-state index in [0.717, 1.165) is 5.69 Å². The summed E-state index contributed by atoms with van der Waals surface area (Å²) in [5.74, 6) is -1.75. The molecule has 1 aromatic heterocycles. The van der Waals surface area contributed by atoms with Gasteiger partial charge in [0.2, 0.25) is 0 Å². The predicted octanol–water partition coefficient (Wildman–Crippen LogP) is 1.70. The zero-order chi connectivity index (χ0) is 14.7. The van der Waals surface area contributed by atoms with E-state index in [2.05, 4.69) is 4.98 Å². The van der Waals surface area contributed by atoms with Crippen LogP contribution in [0.1, 0.15) is 25.6 Å². The Morgan fingerprint density at radius 2 is 2.35 bits per heavy atom. The van der Waals surface area contributed by atoms with Crippen LogP contribution in [-0.2, 0) is 9.53 Å². The minimum Gasteiger partial charge on any atom is -0.481 e. The second kappa shape index (κ2) is 6.28. The molecule has 1 aromatic rings. The Bertz CT molecular complexity index is 466. The highest BCUT2D eigenvalue weighted by Gasteiger charge is 2.39. The number of carboxylic acids is 1. The van der Waals surface area contributed by atoms with Gasteiger partial charge in [-0.15, -0.1) is 0 Å². The summed E-state index contributed by atoms with van der Waals surface area (Å²) >= 11 is 0. The highest BCUT2D eigenvalue weighted by Crippen LogP contribution is 2.28. The van der Waals surface area contributed by atoms with Crippen LogP contribution in [0.2, 0.25) is 0 Å². The lowest BCUT2D eigenvalue weighted by atomic mass is 10.00. The van der Waals surface area contributed by atoms with Crippen LogP contribution in [0, 0.1) is 11.7 Å². The smallest absolute Gasteiger partial charge is 0.310 e. The Kier molecular flexibility index (Phi) is 4.67. The molecule has 0 aliphatic carbocycles. The molecule has 3 atom stereocenters. The number of nitrogens with zero attached hydrogens (tertiary/aromatic N) is 2. The summed E-state index contributed by atoms with van der Waals surface area (Å²) in [5, 5.41) is 9.24. The van der Waals surface area contributed by atoms with Crippen molar-refractivity contribution in [3.63, 3.8) is 0 Å². The average molecular weight is 282 g/mol. The first kappa shape index (κ1) is 14.9. The summed E-state index contributed by atoms with van der Waals surface area (Å²) in [6, 6.07) is 2.73. The van der Waals surface area contributed by atoms with Gasteiger partial charge in [0.1, 0.15) is 5.82 Å². The minimum absolute atomic E-state index is 0.0888. The summed E-state index contributed by atoms with van der Waals surface area (Å²) < 4.78 is 18.2. The van der Waals surface area contributed by atoms with E-state index in [0.29, 0.717) is 13.2 Å². The molecule has 0 aromatic carbocycles. The average Bonchev–Trinajstić information content (AvgIpc) is 2.89. The van der Waals surface area contributed by atoms with Crippen LogP contribution in [0.25, 0.3) is 0 Å². The van der Waals surface area contributed by atoms with Gasteiger partial charge < -0.3 is 9.84 Å². The largest absolute Gasteiger partial charge is 0.481 e. The zero-order valence-corrected chi connectivity index (χ0v) is 11.6. The van der Waals surface area contributed by atoms with Crippen LogP contribution in [0.4, 0.5) is 4.39 Å². The molecule has 2 rings (SSSR count).